The second-order valence-corrected chi connectivity index (χ2v) is 9.37. The molecule has 0 bridgehead atoms. The molecule has 1 atom stereocenters. The van der Waals surface area contributed by atoms with Crippen molar-refractivity contribution in [3.63, 3.8) is 0 Å². The smallest absolute Gasteiger partial charge is 0.350 e. The van der Waals surface area contributed by atoms with Gasteiger partial charge in [-0.15, -0.1) is 0 Å². The van der Waals surface area contributed by atoms with Crippen molar-refractivity contribution in [1.82, 2.24) is 4.90 Å². The average Bonchev–Trinajstić information content (AvgIpc) is 2.93. The molecule has 1 saturated heterocycles. The van der Waals surface area contributed by atoms with Gasteiger partial charge in [0.25, 0.3) is 5.91 Å². The fraction of sp³-hybridized carbons (Fsp3) is 0.529. The van der Waals surface area contributed by atoms with Gasteiger partial charge in [0.1, 0.15) is 5.75 Å². The first-order valence-electron chi connectivity index (χ1n) is 8.08. The predicted molar refractivity (Wildman–Crippen MR) is 96.9 cm³/mol. The van der Waals surface area contributed by atoms with Gasteiger partial charge in [0, 0.05) is 18.1 Å². The van der Waals surface area contributed by atoms with Gasteiger partial charge in [0.05, 0.1) is 11.5 Å². The van der Waals surface area contributed by atoms with E-state index in [1.54, 1.807) is 24.3 Å². The number of amides is 1. The van der Waals surface area contributed by atoms with Gasteiger partial charge in [-0.25, -0.2) is 13.2 Å². The fourth-order valence-corrected chi connectivity index (χ4v) is 4.43. The zero-order chi connectivity index (χ0) is 19.5. The molecule has 1 fully saturated rings. The van der Waals surface area contributed by atoms with Crippen molar-refractivity contribution >= 4 is 33.3 Å². The molecule has 1 aliphatic rings. The molecule has 7 nitrogen and oxygen atoms in total. The van der Waals surface area contributed by atoms with Gasteiger partial charge in [-0.3, -0.25) is 4.79 Å². The molecule has 9 heteroatoms. The van der Waals surface area contributed by atoms with Crippen molar-refractivity contribution in [2.45, 2.75) is 31.9 Å². The minimum absolute atomic E-state index is 0.0612. The molecule has 1 aliphatic heterocycles. The highest BCUT2D eigenvalue weighted by Gasteiger charge is 2.35. The Bertz CT molecular complexity index is 775. The van der Waals surface area contributed by atoms with Crippen LogP contribution >= 0.6 is 11.6 Å². The largest absolute Gasteiger partial charge is 0.476 e. The Hall–Kier alpha value is -1.80. The highest BCUT2D eigenvalue weighted by atomic mass is 35.5. The first-order chi connectivity index (χ1) is 12.0. The van der Waals surface area contributed by atoms with Crippen LogP contribution in [0.1, 0.15) is 20.3 Å². The maximum atomic E-state index is 12.2. The molecule has 144 valence electrons. The van der Waals surface area contributed by atoms with Gasteiger partial charge in [-0.2, -0.15) is 0 Å². The second kappa shape index (κ2) is 7.84. The number of ether oxygens (including phenoxy) is 2. The predicted octanol–water partition coefficient (Wildman–Crippen LogP) is 1.69. The van der Waals surface area contributed by atoms with Crippen LogP contribution in [0.3, 0.4) is 0 Å². The summed E-state index contributed by atoms with van der Waals surface area (Å²) in [6.07, 6.45) is 0.393. The molecule has 2 rings (SSSR count). The lowest BCUT2D eigenvalue weighted by Gasteiger charge is -2.26. The number of hydrogen-bond acceptors (Lipinski definition) is 6. The Labute approximate surface area is 158 Å². The van der Waals surface area contributed by atoms with Crippen molar-refractivity contribution in [3.8, 4) is 5.75 Å². The molecule has 26 heavy (non-hydrogen) atoms. The van der Waals surface area contributed by atoms with Crippen molar-refractivity contribution < 1.29 is 27.5 Å². The first kappa shape index (κ1) is 20.5. The summed E-state index contributed by atoms with van der Waals surface area (Å²) < 4.78 is 33.7. The van der Waals surface area contributed by atoms with E-state index >= 15 is 0 Å². The number of carbonyl (C=O) groups is 2. The van der Waals surface area contributed by atoms with E-state index in [1.807, 2.05) is 0 Å². The third-order valence-electron chi connectivity index (χ3n) is 4.15. The summed E-state index contributed by atoms with van der Waals surface area (Å²) >= 11 is 5.80. The average molecular weight is 404 g/mol. The van der Waals surface area contributed by atoms with E-state index in [0.717, 1.165) is 0 Å². The molecule has 0 spiro atoms. The Morgan fingerprint density at radius 1 is 1.27 bits per heavy atom. The number of halogens is 1. The topological polar surface area (TPSA) is 90.0 Å². The maximum Gasteiger partial charge on any atom is 0.350 e. The Kier molecular flexibility index (Phi) is 6.18. The van der Waals surface area contributed by atoms with E-state index in [9.17, 15) is 18.0 Å². The van der Waals surface area contributed by atoms with E-state index in [0.29, 0.717) is 17.2 Å². The number of nitrogens with zero attached hydrogens (tertiary/aromatic N) is 1. The normalized spacial score (nSPS) is 19.0. The van der Waals surface area contributed by atoms with Crippen LogP contribution in [0.4, 0.5) is 0 Å². The molecule has 0 aliphatic carbocycles. The molecule has 1 heterocycles. The van der Waals surface area contributed by atoms with E-state index in [4.69, 9.17) is 21.1 Å². The van der Waals surface area contributed by atoms with Crippen LogP contribution in [0.5, 0.6) is 5.75 Å². The number of esters is 1. The summed E-state index contributed by atoms with van der Waals surface area (Å²) in [7, 11) is -1.59. The summed E-state index contributed by atoms with van der Waals surface area (Å²) in [6.45, 7) is 2.59. The maximum absolute atomic E-state index is 12.2. The fourth-order valence-electron chi connectivity index (χ4n) is 2.53. The lowest BCUT2D eigenvalue weighted by Crippen LogP contribution is -2.44. The highest BCUT2D eigenvalue weighted by molar-refractivity contribution is 7.91. The quantitative estimate of drug-likeness (QED) is 0.671. The third kappa shape index (κ3) is 5.35. The van der Waals surface area contributed by atoms with Gasteiger partial charge in [0.15, 0.2) is 22.0 Å². The van der Waals surface area contributed by atoms with Crippen molar-refractivity contribution in [2.75, 3.05) is 25.2 Å². The van der Waals surface area contributed by atoms with Gasteiger partial charge in [-0.1, -0.05) is 11.6 Å². The molecule has 0 aromatic heterocycles. The molecular weight excluding hydrogens is 382 g/mol. The van der Waals surface area contributed by atoms with Gasteiger partial charge >= 0.3 is 5.97 Å². The zero-order valence-corrected chi connectivity index (χ0v) is 16.5. The van der Waals surface area contributed by atoms with Gasteiger partial charge < -0.3 is 14.4 Å². The third-order valence-corrected chi connectivity index (χ3v) is 6.16. The lowest BCUT2D eigenvalue weighted by atomic mass is 10.1. The number of likely N-dealkylation sites (N-methyl/N-ethyl adjacent to an activating group) is 1. The molecule has 0 unspecified atom stereocenters. The number of benzene rings is 1. The van der Waals surface area contributed by atoms with Crippen molar-refractivity contribution in [2.24, 2.45) is 0 Å². The zero-order valence-electron chi connectivity index (χ0n) is 14.9. The summed E-state index contributed by atoms with van der Waals surface area (Å²) in [5.41, 5.74) is -1.30. The molecule has 0 saturated carbocycles. The number of sulfone groups is 1. The van der Waals surface area contributed by atoms with Crippen LogP contribution in [0.15, 0.2) is 24.3 Å². The number of carbonyl (C=O) groups excluding carboxylic acids is 2. The first-order valence-corrected chi connectivity index (χ1v) is 10.3. The summed E-state index contributed by atoms with van der Waals surface area (Å²) in [5.74, 6) is -0.710. The van der Waals surface area contributed by atoms with Crippen LogP contribution < -0.4 is 4.74 Å². The second-order valence-electron chi connectivity index (χ2n) is 6.70. The van der Waals surface area contributed by atoms with Gasteiger partial charge in [-0.05, 0) is 44.5 Å². The number of rotatable bonds is 6. The van der Waals surface area contributed by atoms with E-state index in [1.165, 1.54) is 25.8 Å². The minimum atomic E-state index is -3.10. The van der Waals surface area contributed by atoms with E-state index in [-0.39, 0.29) is 17.5 Å². The minimum Gasteiger partial charge on any atom is -0.476 e. The van der Waals surface area contributed by atoms with Crippen LogP contribution in [-0.2, 0) is 24.2 Å². The lowest BCUT2D eigenvalue weighted by molar-refractivity contribution is -0.164. The van der Waals surface area contributed by atoms with Crippen LogP contribution in [0.25, 0.3) is 0 Å². The molecule has 1 aromatic carbocycles. The Morgan fingerprint density at radius 2 is 1.88 bits per heavy atom. The van der Waals surface area contributed by atoms with Crippen molar-refractivity contribution in [3.05, 3.63) is 29.3 Å². The van der Waals surface area contributed by atoms with E-state index in [2.05, 4.69) is 0 Å². The monoisotopic (exact) mass is 403 g/mol. The van der Waals surface area contributed by atoms with Crippen LogP contribution in [0, 0.1) is 0 Å². The molecule has 0 radical (unpaired) electrons. The van der Waals surface area contributed by atoms with Crippen molar-refractivity contribution in [1.29, 1.82) is 0 Å². The SMILES string of the molecule is CN(C(=O)COC(=O)C(C)(C)Oc1ccc(Cl)cc1)[C@@H]1CCS(=O)(=O)C1. The Morgan fingerprint density at radius 3 is 2.42 bits per heavy atom. The summed E-state index contributed by atoms with van der Waals surface area (Å²) in [6, 6.07) is 6.12. The van der Waals surface area contributed by atoms with Gasteiger partial charge in [0.2, 0.25) is 0 Å². The Balaban J connectivity index is 1.88. The molecular formula is C17H22ClNO6S. The summed E-state index contributed by atoms with van der Waals surface area (Å²) in [5, 5.41) is 0.542. The molecule has 1 amide bonds. The van der Waals surface area contributed by atoms with E-state index < -0.39 is 33.9 Å². The molecule has 0 N–H and O–H groups in total. The standard InChI is InChI=1S/C17H22ClNO6S/c1-17(2,25-14-6-4-12(18)5-7-14)16(21)24-10-15(20)19(3)13-8-9-26(22,23)11-13/h4-7,13H,8-11H2,1-3H3/t13-/m1/s1. The number of hydrogen-bond donors (Lipinski definition) is 0. The van der Waals surface area contributed by atoms with Crippen LogP contribution in [-0.4, -0.2) is 62.0 Å². The molecule has 1 aromatic rings. The van der Waals surface area contributed by atoms with Crippen LogP contribution in [0.2, 0.25) is 5.02 Å². The highest BCUT2D eigenvalue weighted by Crippen LogP contribution is 2.22. The summed E-state index contributed by atoms with van der Waals surface area (Å²) in [4.78, 5) is 25.7.